The summed E-state index contributed by atoms with van der Waals surface area (Å²) < 4.78 is 11.2. The number of hydrogen-bond donors (Lipinski definition) is 1. The number of aromatic nitrogens is 2. The second-order valence-electron chi connectivity index (χ2n) is 6.25. The van der Waals surface area contributed by atoms with Crippen LogP contribution in [0, 0.1) is 6.92 Å². The van der Waals surface area contributed by atoms with Gasteiger partial charge >= 0.3 is 11.9 Å². The van der Waals surface area contributed by atoms with E-state index in [-0.39, 0.29) is 12.6 Å². The Hall–Kier alpha value is -3.59. The third kappa shape index (κ3) is 6.19. The SMILES string of the molecule is CCOC(=O)c1cnc(N/N=C\c2ccc(OC(=O)c3ccc(Br)cc3)cc2)nc1C. The Kier molecular flexibility index (Phi) is 7.45. The number of ether oxygens (including phenoxy) is 2. The Bertz CT molecular complexity index is 1100. The van der Waals surface area contributed by atoms with Crippen LogP contribution in [0.4, 0.5) is 5.95 Å². The van der Waals surface area contributed by atoms with Crippen LogP contribution in [0.3, 0.4) is 0 Å². The van der Waals surface area contributed by atoms with Crippen LogP contribution in [-0.4, -0.2) is 34.7 Å². The van der Waals surface area contributed by atoms with Gasteiger partial charge in [-0.15, -0.1) is 0 Å². The molecule has 0 atom stereocenters. The van der Waals surface area contributed by atoms with Gasteiger partial charge in [-0.25, -0.2) is 25.0 Å². The van der Waals surface area contributed by atoms with Crippen molar-refractivity contribution < 1.29 is 19.1 Å². The number of carbonyl (C=O) groups excluding carboxylic acids is 2. The number of benzene rings is 2. The molecule has 0 spiro atoms. The van der Waals surface area contributed by atoms with Gasteiger partial charge in [0.1, 0.15) is 5.75 Å². The second-order valence-corrected chi connectivity index (χ2v) is 7.16. The standard InChI is InChI=1S/C22H19BrN4O4/c1-3-30-21(29)19-13-24-22(26-14(19)2)27-25-12-15-4-10-18(11-5-15)31-20(28)16-6-8-17(23)9-7-16/h4-13H,3H2,1-2H3,(H,24,26,27)/b25-12-. The van der Waals surface area contributed by atoms with E-state index < -0.39 is 11.9 Å². The van der Waals surface area contributed by atoms with E-state index >= 15 is 0 Å². The molecular weight excluding hydrogens is 464 g/mol. The maximum absolute atomic E-state index is 12.2. The first-order chi connectivity index (χ1) is 15.0. The lowest BCUT2D eigenvalue weighted by Gasteiger charge is -2.06. The number of anilines is 1. The van der Waals surface area contributed by atoms with Gasteiger partial charge in [-0.05, 0) is 67.9 Å². The number of aryl methyl sites for hydroxylation is 1. The van der Waals surface area contributed by atoms with Crippen LogP contribution in [0.1, 0.15) is 38.9 Å². The Labute approximate surface area is 187 Å². The molecule has 0 aliphatic carbocycles. The maximum Gasteiger partial charge on any atom is 0.343 e. The summed E-state index contributed by atoms with van der Waals surface area (Å²) >= 11 is 3.33. The van der Waals surface area contributed by atoms with E-state index in [1.165, 1.54) is 6.20 Å². The lowest BCUT2D eigenvalue weighted by molar-refractivity contribution is 0.0524. The van der Waals surface area contributed by atoms with Crippen molar-refractivity contribution in [3.05, 3.63) is 81.6 Å². The largest absolute Gasteiger partial charge is 0.462 e. The van der Waals surface area contributed by atoms with Crippen LogP contribution in [0.5, 0.6) is 5.75 Å². The number of nitrogens with one attached hydrogen (secondary N) is 1. The van der Waals surface area contributed by atoms with E-state index in [0.717, 1.165) is 10.0 Å². The molecule has 0 amide bonds. The molecule has 8 nitrogen and oxygen atoms in total. The number of hydrogen-bond acceptors (Lipinski definition) is 8. The van der Waals surface area contributed by atoms with Crippen LogP contribution < -0.4 is 10.2 Å². The predicted molar refractivity (Wildman–Crippen MR) is 119 cm³/mol. The number of carbonyl (C=O) groups is 2. The number of nitrogens with zero attached hydrogens (tertiary/aromatic N) is 3. The van der Waals surface area contributed by atoms with Crippen molar-refractivity contribution in [2.24, 2.45) is 5.10 Å². The number of halogens is 1. The maximum atomic E-state index is 12.2. The molecule has 3 rings (SSSR count). The zero-order chi connectivity index (χ0) is 22.2. The highest BCUT2D eigenvalue weighted by atomic mass is 79.9. The molecule has 3 aromatic rings. The normalized spacial score (nSPS) is 10.7. The molecule has 1 N–H and O–H groups in total. The molecule has 0 fully saturated rings. The van der Waals surface area contributed by atoms with Crippen molar-refractivity contribution >= 4 is 40.0 Å². The first kappa shape index (κ1) is 22.1. The minimum absolute atomic E-state index is 0.252. The molecule has 0 saturated heterocycles. The zero-order valence-electron chi connectivity index (χ0n) is 16.8. The molecule has 0 unspecified atom stereocenters. The van der Waals surface area contributed by atoms with Crippen LogP contribution in [0.2, 0.25) is 0 Å². The molecular formula is C22H19BrN4O4. The molecule has 0 aliphatic rings. The van der Waals surface area contributed by atoms with E-state index in [0.29, 0.717) is 22.6 Å². The molecule has 1 aromatic heterocycles. The summed E-state index contributed by atoms with van der Waals surface area (Å²) in [6, 6.07) is 13.8. The highest BCUT2D eigenvalue weighted by molar-refractivity contribution is 9.10. The molecule has 0 bridgehead atoms. The van der Waals surface area contributed by atoms with Gasteiger partial charge in [0, 0.05) is 10.7 Å². The fourth-order valence-electron chi connectivity index (χ4n) is 2.47. The number of hydrazone groups is 1. The Balaban J connectivity index is 1.57. The fourth-order valence-corrected chi connectivity index (χ4v) is 2.73. The Morgan fingerprint density at radius 1 is 1.10 bits per heavy atom. The van der Waals surface area contributed by atoms with E-state index in [1.807, 2.05) is 0 Å². The van der Waals surface area contributed by atoms with Gasteiger partial charge in [0.25, 0.3) is 0 Å². The van der Waals surface area contributed by atoms with Gasteiger partial charge in [-0.2, -0.15) is 5.10 Å². The van der Waals surface area contributed by atoms with Gasteiger partial charge < -0.3 is 9.47 Å². The van der Waals surface area contributed by atoms with E-state index in [4.69, 9.17) is 9.47 Å². The number of rotatable bonds is 7. The van der Waals surface area contributed by atoms with E-state index in [9.17, 15) is 9.59 Å². The average molecular weight is 483 g/mol. The highest BCUT2D eigenvalue weighted by Crippen LogP contribution is 2.16. The second kappa shape index (κ2) is 10.4. The molecule has 0 radical (unpaired) electrons. The fraction of sp³-hybridized carbons (Fsp3) is 0.136. The van der Waals surface area contributed by atoms with Gasteiger partial charge in [-0.1, -0.05) is 15.9 Å². The quantitative estimate of drug-likeness (QED) is 0.230. The Morgan fingerprint density at radius 2 is 1.81 bits per heavy atom. The Morgan fingerprint density at radius 3 is 2.45 bits per heavy atom. The van der Waals surface area contributed by atoms with Crippen molar-refractivity contribution in [3.63, 3.8) is 0 Å². The number of esters is 2. The summed E-state index contributed by atoms with van der Waals surface area (Å²) in [5, 5.41) is 4.08. The van der Waals surface area contributed by atoms with Crippen LogP contribution >= 0.6 is 15.9 Å². The molecule has 1 heterocycles. The smallest absolute Gasteiger partial charge is 0.343 e. The third-order valence-corrected chi connectivity index (χ3v) is 4.55. The van der Waals surface area contributed by atoms with Gasteiger partial charge in [0.15, 0.2) is 0 Å². The predicted octanol–water partition coefficient (Wildman–Crippen LogP) is 4.39. The van der Waals surface area contributed by atoms with Gasteiger partial charge in [0.05, 0.1) is 29.6 Å². The van der Waals surface area contributed by atoms with Crippen molar-refractivity contribution in [1.82, 2.24) is 9.97 Å². The summed E-state index contributed by atoms with van der Waals surface area (Å²) in [5.41, 5.74) is 4.74. The molecule has 0 aliphatic heterocycles. The minimum atomic E-state index is -0.462. The lowest BCUT2D eigenvalue weighted by Crippen LogP contribution is -2.10. The van der Waals surface area contributed by atoms with Crippen molar-refractivity contribution in [3.8, 4) is 5.75 Å². The summed E-state index contributed by atoms with van der Waals surface area (Å²) in [6.07, 6.45) is 2.96. The first-order valence-corrected chi connectivity index (χ1v) is 10.1. The third-order valence-electron chi connectivity index (χ3n) is 4.02. The van der Waals surface area contributed by atoms with Crippen molar-refractivity contribution in [1.29, 1.82) is 0 Å². The monoisotopic (exact) mass is 482 g/mol. The van der Waals surface area contributed by atoms with Crippen LogP contribution in [0.15, 0.2) is 64.3 Å². The molecule has 158 valence electrons. The molecule has 31 heavy (non-hydrogen) atoms. The van der Waals surface area contributed by atoms with E-state index in [2.05, 4.69) is 36.4 Å². The van der Waals surface area contributed by atoms with E-state index in [1.54, 1.807) is 68.6 Å². The van der Waals surface area contributed by atoms with Crippen molar-refractivity contribution in [2.75, 3.05) is 12.0 Å². The van der Waals surface area contributed by atoms with Crippen molar-refractivity contribution in [2.45, 2.75) is 13.8 Å². The van der Waals surface area contributed by atoms with Crippen LogP contribution in [-0.2, 0) is 4.74 Å². The summed E-state index contributed by atoms with van der Waals surface area (Å²) in [6.45, 7) is 3.71. The highest BCUT2D eigenvalue weighted by Gasteiger charge is 2.12. The van der Waals surface area contributed by atoms with Gasteiger partial charge in [-0.3, -0.25) is 0 Å². The minimum Gasteiger partial charge on any atom is -0.462 e. The summed E-state index contributed by atoms with van der Waals surface area (Å²) in [7, 11) is 0. The summed E-state index contributed by atoms with van der Waals surface area (Å²) in [4.78, 5) is 32.2. The average Bonchev–Trinajstić information content (AvgIpc) is 2.75. The van der Waals surface area contributed by atoms with Crippen LogP contribution in [0.25, 0.3) is 0 Å². The lowest BCUT2D eigenvalue weighted by atomic mass is 10.2. The molecule has 9 heteroatoms. The van der Waals surface area contributed by atoms with Gasteiger partial charge in [0.2, 0.25) is 5.95 Å². The zero-order valence-corrected chi connectivity index (χ0v) is 18.4. The summed E-state index contributed by atoms with van der Waals surface area (Å²) in [5.74, 6) is -0.223. The molecule has 2 aromatic carbocycles. The molecule has 0 saturated carbocycles. The first-order valence-electron chi connectivity index (χ1n) is 9.34. The topological polar surface area (TPSA) is 103 Å².